The number of carbonyl (C=O) groups excluding carboxylic acids is 1. The molecule has 2 N–H and O–H groups in total. The van der Waals surface area contributed by atoms with Gasteiger partial charge in [-0.05, 0) is 25.0 Å². The maximum atomic E-state index is 13.0. The Kier molecular flexibility index (Phi) is 5.82. The zero-order chi connectivity index (χ0) is 19.4. The smallest absolute Gasteiger partial charge is 0.280 e. The molecule has 1 aliphatic rings. The van der Waals surface area contributed by atoms with Gasteiger partial charge in [0.05, 0.1) is 22.9 Å². The van der Waals surface area contributed by atoms with Crippen molar-refractivity contribution in [1.29, 1.82) is 0 Å². The summed E-state index contributed by atoms with van der Waals surface area (Å²) in [5, 5.41) is 14.0. The first-order valence-electron chi connectivity index (χ1n) is 7.99. The van der Waals surface area contributed by atoms with Gasteiger partial charge >= 0.3 is 0 Å². The highest BCUT2D eigenvalue weighted by atomic mass is 32.2. The van der Waals surface area contributed by atoms with Crippen LogP contribution in [-0.4, -0.2) is 48.6 Å². The van der Waals surface area contributed by atoms with Crippen molar-refractivity contribution in [2.45, 2.75) is 23.0 Å². The summed E-state index contributed by atoms with van der Waals surface area (Å²) in [6.45, 7) is -0.425. The Morgan fingerprint density at radius 1 is 1.37 bits per heavy atom. The molecule has 0 saturated heterocycles. The van der Waals surface area contributed by atoms with Crippen molar-refractivity contribution >= 4 is 37.9 Å². The molecule has 1 fully saturated rings. The van der Waals surface area contributed by atoms with E-state index in [0.717, 1.165) is 6.20 Å². The van der Waals surface area contributed by atoms with E-state index < -0.39 is 20.9 Å². The third-order valence-electron chi connectivity index (χ3n) is 3.67. The zero-order valence-electron chi connectivity index (χ0n) is 14.0. The minimum absolute atomic E-state index is 0.0419. The number of anilines is 1. The Bertz CT molecular complexity index is 953. The molecule has 27 heavy (non-hydrogen) atoms. The summed E-state index contributed by atoms with van der Waals surface area (Å²) < 4.78 is 37.6. The van der Waals surface area contributed by atoms with Crippen LogP contribution < -0.4 is 5.32 Å². The van der Waals surface area contributed by atoms with Crippen molar-refractivity contribution in [3.05, 3.63) is 41.2 Å². The van der Waals surface area contributed by atoms with Crippen LogP contribution >= 0.6 is 11.3 Å². The number of aliphatic hydroxyl groups excluding tert-OH is 1. The number of thiazole rings is 1. The number of hydrogen-bond donors (Lipinski definition) is 2. The van der Waals surface area contributed by atoms with Gasteiger partial charge in [0.15, 0.2) is 25.8 Å². The van der Waals surface area contributed by atoms with E-state index in [0.29, 0.717) is 29.7 Å². The minimum Gasteiger partial charge on any atom is -0.393 e. The molecule has 0 atom stereocenters. The SMILES string of the molecule is O=C(Nc1ncc(F)s1)/C(=N/OCCO)c1ccc(S(=O)(=O)C2CC2)cc1. The molecule has 8 nitrogen and oxygen atoms in total. The minimum atomic E-state index is -3.35. The van der Waals surface area contributed by atoms with Crippen LogP contribution in [-0.2, 0) is 19.5 Å². The molecule has 0 spiro atoms. The maximum absolute atomic E-state index is 13.0. The normalized spacial score (nSPS) is 14.8. The molecule has 0 bridgehead atoms. The summed E-state index contributed by atoms with van der Waals surface area (Å²) in [6.07, 6.45) is 2.27. The maximum Gasteiger partial charge on any atom is 0.280 e. The fourth-order valence-corrected chi connectivity index (χ4v) is 4.41. The van der Waals surface area contributed by atoms with Crippen molar-refractivity contribution in [3.8, 4) is 0 Å². The van der Waals surface area contributed by atoms with Crippen LogP contribution in [0.25, 0.3) is 0 Å². The second kappa shape index (κ2) is 8.11. The first-order chi connectivity index (χ1) is 12.9. The van der Waals surface area contributed by atoms with Gasteiger partial charge in [0.2, 0.25) is 0 Å². The summed E-state index contributed by atoms with van der Waals surface area (Å²) in [4.78, 5) is 21.2. The van der Waals surface area contributed by atoms with Crippen LogP contribution in [0.15, 0.2) is 40.5 Å². The van der Waals surface area contributed by atoms with Crippen LogP contribution in [0, 0.1) is 5.13 Å². The second-order valence-electron chi connectivity index (χ2n) is 5.69. The van der Waals surface area contributed by atoms with Crippen LogP contribution in [0.3, 0.4) is 0 Å². The highest BCUT2D eigenvalue weighted by Gasteiger charge is 2.36. The molecule has 0 radical (unpaired) electrons. The summed E-state index contributed by atoms with van der Waals surface area (Å²) in [6, 6.07) is 5.69. The van der Waals surface area contributed by atoms with Crippen LogP contribution in [0.2, 0.25) is 0 Å². The van der Waals surface area contributed by atoms with Gasteiger partial charge in [0.1, 0.15) is 6.61 Å². The first-order valence-corrected chi connectivity index (χ1v) is 10.4. The van der Waals surface area contributed by atoms with Gasteiger partial charge in [-0.3, -0.25) is 10.1 Å². The van der Waals surface area contributed by atoms with E-state index in [1.165, 1.54) is 24.3 Å². The molecule has 1 heterocycles. The number of nitrogens with one attached hydrogen (secondary N) is 1. The van der Waals surface area contributed by atoms with Gasteiger partial charge < -0.3 is 9.94 Å². The summed E-state index contributed by atoms with van der Waals surface area (Å²) in [5.74, 6) is -0.708. The van der Waals surface area contributed by atoms with Crippen molar-refractivity contribution in [1.82, 2.24) is 4.98 Å². The lowest BCUT2D eigenvalue weighted by Crippen LogP contribution is -2.24. The highest BCUT2D eigenvalue weighted by Crippen LogP contribution is 2.33. The van der Waals surface area contributed by atoms with E-state index in [1.807, 2.05) is 0 Å². The average Bonchev–Trinajstić information content (AvgIpc) is 3.43. The molecule has 1 aliphatic carbocycles. The van der Waals surface area contributed by atoms with Gasteiger partial charge in [-0.15, -0.1) is 0 Å². The summed E-state index contributed by atoms with van der Waals surface area (Å²) in [7, 11) is -3.35. The fraction of sp³-hybridized carbons (Fsp3) is 0.312. The third kappa shape index (κ3) is 4.67. The van der Waals surface area contributed by atoms with E-state index in [1.54, 1.807) is 0 Å². The van der Waals surface area contributed by atoms with E-state index in [4.69, 9.17) is 9.94 Å². The number of aromatic nitrogens is 1. The number of sulfone groups is 1. The van der Waals surface area contributed by atoms with Crippen LogP contribution in [0.1, 0.15) is 18.4 Å². The molecule has 1 saturated carbocycles. The molecular weight excluding hydrogens is 397 g/mol. The van der Waals surface area contributed by atoms with Crippen LogP contribution in [0.4, 0.5) is 9.52 Å². The van der Waals surface area contributed by atoms with Gasteiger partial charge in [0, 0.05) is 5.56 Å². The number of aliphatic hydroxyl groups is 1. The molecule has 11 heteroatoms. The van der Waals surface area contributed by atoms with Crippen molar-refractivity contribution in [2.24, 2.45) is 5.16 Å². The second-order valence-corrected chi connectivity index (χ2v) is 8.90. The van der Waals surface area contributed by atoms with Gasteiger partial charge in [-0.2, -0.15) is 4.39 Å². The number of nitrogens with zero attached hydrogens (tertiary/aromatic N) is 2. The summed E-state index contributed by atoms with van der Waals surface area (Å²) in [5.41, 5.74) is 0.145. The van der Waals surface area contributed by atoms with E-state index in [-0.39, 0.29) is 34.2 Å². The van der Waals surface area contributed by atoms with Gasteiger partial charge in [0.25, 0.3) is 5.91 Å². The van der Waals surface area contributed by atoms with Gasteiger partial charge in [-0.25, -0.2) is 13.4 Å². The predicted octanol–water partition coefficient (Wildman–Crippen LogP) is 1.57. The number of hydrogen-bond acceptors (Lipinski definition) is 8. The van der Waals surface area contributed by atoms with Crippen molar-refractivity contribution < 1.29 is 27.5 Å². The van der Waals surface area contributed by atoms with E-state index in [9.17, 15) is 17.6 Å². The zero-order valence-corrected chi connectivity index (χ0v) is 15.6. The number of halogens is 1. The topological polar surface area (TPSA) is 118 Å². The highest BCUT2D eigenvalue weighted by molar-refractivity contribution is 7.92. The Balaban J connectivity index is 1.83. The number of benzene rings is 1. The molecule has 1 aromatic heterocycles. The molecule has 1 amide bonds. The Labute approximate surface area is 158 Å². The molecular formula is C16H16FN3O5S2. The molecule has 0 unspecified atom stereocenters. The lowest BCUT2D eigenvalue weighted by Gasteiger charge is -2.08. The number of amides is 1. The predicted molar refractivity (Wildman–Crippen MR) is 96.9 cm³/mol. The van der Waals surface area contributed by atoms with Crippen molar-refractivity contribution in [3.63, 3.8) is 0 Å². The Hall–Kier alpha value is -2.37. The molecule has 0 aliphatic heterocycles. The Morgan fingerprint density at radius 3 is 2.63 bits per heavy atom. The van der Waals surface area contributed by atoms with E-state index in [2.05, 4.69) is 15.5 Å². The lowest BCUT2D eigenvalue weighted by molar-refractivity contribution is -0.110. The monoisotopic (exact) mass is 413 g/mol. The largest absolute Gasteiger partial charge is 0.393 e. The molecule has 2 aromatic rings. The van der Waals surface area contributed by atoms with E-state index >= 15 is 0 Å². The number of oxime groups is 1. The molecule has 1 aromatic carbocycles. The quantitative estimate of drug-likeness (QED) is 0.385. The first kappa shape index (κ1) is 19.4. The van der Waals surface area contributed by atoms with Gasteiger partial charge in [-0.1, -0.05) is 28.6 Å². The average molecular weight is 413 g/mol. The number of rotatable bonds is 8. The molecule has 144 valence electrons. The van der Waals surface area contributed by atoms with Crippen molar-refractivity contribution in [2.75, 3.05) is 18.5 Å². The fourth-order valence-electron chi connectivity index (χ4n) is 2.22. The van der Waals surface area contributed by atoms with Crippen LogP contribution in [0.5, 0.6) is 0 Å². The third-order valence-corrected chi connectivity index (χ3v) is 6.65. The standard InChI is InChI=1S/C16H16FN3O5S2/c17-13-9-18-16(26-13)19-15(22)14(20-25-8-7-21)10-1-3-11(4-2-10)27(23,24)12-5-6-12/h1-4,9,12,21H,5-8H2,(H,18,19,22)/b20-14+. The number of carbonyl (C=O) groups is 1. The lowest BCUT2D eigenvalue weighted by atomic mass is 10.1. The Morgan fingerprint density at radius 2 is 2.07 bits per heavy atom. The summed E-state index contributed by atoms with van der Waals surface area (Å²) >= 11 is 0.648. The molecule has 3 rings (SSSR count).